The highest BCUT2D eigenvalue weighted by atomic mass is 32.1. The lowest BCUT2D eigenvalue weighted by atomic mass is 10.1. The maximum atomic E-state index is 5.33. The van der Waals surface area contributed by atoms with Crippen LogP contribution in [-0.4, -0.2) is 23.1 Å². The lowest BCUT2D eigenvalue weighted by Crippen LogP contribution is -2.27. The van der Waals surface area contributed by atoms with Crippen molar-refractivity contribution in [2.75, 3.05) is 18.4 Å². The number of nitrogens with one attached hydrogen (secondary N) is 2. The summed E-state index contributed by atoms with van der Waals surface area (Å²) >= 11 is 5.33. The van der Waals surface area contributed by atoms with E-state index in [1.165, 1.54) is 37.1 Å². The van der Waals surface area contributed by atoms with Gasteiger partial charge in [0.15, 0.2) is 5.11 Å². The van der Waals surface area contributed by atoms with Crippen LogP contribution >= 0.6 is 12.2 Å². The van der Waals surface area contributed by atoms with Crippen LogP contribution in [0, 0.1) is 0 Å². The lowest BCUT2D eigenvalue weighted by Gasteiger charge is -2.15. The molecule has 1 aliphatic heterocycles. The first-order valence-corrected chi connectivity index (χ1v) is 8.60. The molecule has 1 saturated heterocycles. The minimum Gasteiger partial charge on any atom is -0.358 e. The van der Waals surface area contributed by atoms with Crippen LogP contribution in [0.4, 0.5) is 5.69 Å². The maximum absolute atomic E-state index is 5.33. The number of anilines is 1. The standard InChI is InChI=1S/C19H23N3S/c23-19(21-18-6-2-1-3-7-18)20-14-16-8-10-17(11-9-16)15-22-12-4-5-13-22/h1-3,6-11H,4-5,12-15H2,(H2,20,21,23). The van der Waals surface area contributed by atoms with Crippen molar-refractivity contribution < 1.29 is 0 Å². The van der Waals surface area contributed by atoms with E-state index in [1.807, 2.05) is 30.3 Å². The van der Waals surface area contributed by atoms with Gasteiger partial charge in [-0.05, 0) is 61.4 Å². The monoisotopic (exact) mass is 325 g/mol. The van der Waals surface area contributed by atoms with Gasteiger partial charge in [-0.3, -0.25) is 4.90 Å². The largest absolute Gasteiger partial charge is 0.358 e. The van der Waals surface area contributed by atoms with Crippen LogP contribution in [0.5, 0.6) is 0 Å². The average molecular weight is 325 g/mol. The van der Waals surface area contributed by atoms with Crippen molar-refractivity contribution in [3.8, 4) is 0 Å². The van der Waals surface area contributed by atoms with Crippen LogP contribution in [0.15, 0.2) is 54.6 Å². The van der Waals surface area contributed by atoms with E-state index in [-0.39, 0.29) is 0 Å². The smallest absolute Gasteiger partial charge is 0.171 e. The third-order valence-electron chi connectivity index (χ3n) is 4.11. The van der Waals surface area contributed by atoms with Crippen molar-refractivity contribution in [1.82, 2.24) is 10.2 Å². The highest BCUT2D eigenvalue weighted by molar-refractivity contribution is 7.80. The highest BCUT2D eigenvalue weighted by Gasteiger charge is 2.11. The quantitative estimate of drug-likeness (QED) is 0.818. The van der Waals surface area contributed by atoms with Gasteiger partial charge in [-0.25, -0.2) is 0 Å². The molecule has 120 valence electrons. The lowest BCUT2D eigenvalue weighted by molar-refractivity contribution is 0.331. The van der Waals surface area contributed by atoms with Crippen molar-refractivity contribution >= 4 is 23.0 Å². The Morgan fingerprint density at radius 1 is 0.913 bits per heavy atom. The Balaban J connectivity index is 1.45. The molecule has 2 N–H and O–H groups in total. The Morgan fingerprint density at radius 3 is 2.26 bits per heavy atom. The van der Waals surface area contributed by atoms with E-state index in [9.17, 15) is 0 Å². The van der Waals surface area contributed by atoms with Crippen molar-refractivity contribution in [3.05, 3.63) is 65.7 Å². The fraction of sp³-hybridized carbons (Fsp3) is 0.316. The molecule has 2 aromatic rings. The SMILES string of the molecule is S=C(NCc1ccc(CN2CCCC2)cc1)Nc1ccccc1. The number of rotatable bonds is 5. The van der Waals surface area contributed by atoms with Gasteiger partial charge in [0.05, 0.1) is 0 Å². The second kappa shape index (κ2) is 8.09. The van der Waals surface area contributed by atoms with Gasteiger partial charge in [0.25, 0.3) is 0 Å². The van der Waals surface area contributed by atoms with Crippen molar-refractivity contribution in [3.63, 3.8) is 0 Å². The first-order valence-electron chi connectivity index (χ1n) is 8.20. The molecular formula is C19H23N3S. The van der Waals surface area contributed by atoms with E-state index >= 15 is 0 Å². The minimum absolute atomic E-state index is 0.650. The maximum Gasteiger partial charge on any atom is 0.171 e. The summed E-state index contributed by atoms with van der Waals surface area (Å²) in [6.45, 7) is 4.29. The summed E-state index contributed by atoms with van der Waals surface area (Å²) in [4.78, 5) is 2.52. The Kier molecular flexibility index (Phi) is 5.61. The summed E-state index contributed by atoms with van der Waals surface area (Å²) in [5.74, 6) is 0. The van der Waals surface area contributed by atoms with Crippen molar-refractivity contribution in [1.29, 1.82) is 0 Å². The first kappa shape index (κ1) is 16.0. The van der Waals surface area contributed by atoms with E-state index in [0.29, 0.717) is 5.11 Å². The van der Waals surface area contributed by atoms with E-state index in [1.54, 1.807) is 0 Å². The fourth-order valence-electron chi connectivity index (χ4n) is 2.84. The number of para-hydroxylation sites is 1. The molecule has 0 saturated carbocycles. The number of hydrogen-bond acceptors (Lipinski definition) is 2. The minimum atomic E-state index is 0.650. The molecule has 2 aromatic carbocycles. The summed E-state index contributed by atoms with van der Waals surface area (Å²) in [5, 5.41) is 7.09. The molecule has 0 amide bonds. The Bertz CT molecular complexity index is 619. The Labute approximate surface area is 143 Å². The topological polar surface area (TPSA) is 27.3 Å². The molecule has 0 spiro atoms. The highest BCUT2D eigenvalue weighted by Crippen LogP contribution is 2.13. The van der Waals surface area contributed by atoms with E-state index in [4.69, 9.17) is 12.2 Å². The van der Waals surface area contributed by atoms with E-state index in [2.05, 4.69) is 39.8 Å². The van der Waals surface area contributed by atoms with E-state index < -0.39 is 0 Å². The molecular weight excluding hydrogens is 302 g/mol. The summed E-state index contributed by atoms with van der Waals surface area (Å²) in [6, 6.07) is 18.8. The third-order valence-corrected chi connectivity index (χ3v) is 4.36. The average Bonchev–Trinajstić information content (AvgIpc) is 3.08. The van der Waals surface area contributed by atoms with Crippen LogP contribution in [-0.2, 0) is 13.1 Å². The van der Waals surface area contributed by atoms with E-state index in [0.717, 1.165) is 18.8 Å². The second-order valence-corrected chi connectivity index (χ2v) is 6.38. The molecule has 23 heavy (non-hydrogen) atoms. The van der Waals surface area contributed by atoms with Gasteiger partial charge in [-0.15, -0.1) is 0 Å². The van der Waals surface area contributed by atoms with Gasteiger partial charge in [0.1, 0.15) is 0 Å². The molecule has 4 heteroatoms. The van der Waals surface area contributed by atoms with Crippen LogP contribution < -0.4 is 10.6 Å². The number of likely N-dealkylation sites (tertiary alicyclic amines) is 1. The van der Waals surface area contributed by atoms with Gasteiger partial charge in [0.2, 0.25) is 0 Å². The summed E-state index contributed by atoms with van der Waals surface area (Å²) in [5.41, 5.74) is 3.64. The van der Waals surface area contributed by atoms with Gasteiger partial charge in [-0.2, -0.15) is 0 Å². The molecule has 1 fully saturated rings. The predicted octanol–water partition coefficient (Wildman–Crippen LogP) is 3.77. The molecule has 0 atom stereocenters. The zero-order chi connectivity index (χ0) is 15.9. The normalized spacial score (nSPS) is 14.6. The van der Waals surface area contributed by atoms with Gasteiger partial charge < -0.3 is 10.6 Å². The van der Waals surface area contributed by atoms with Crippen LogP contribution in [0.25, 0.3) is 0 Å². The summed E-state index contributed by atoms with van der Waals surface area (Å²) in [6.07, 6.45) is 2.68. The second-order valence-electron chi connectivity index (χ2n) is 5.97. The molecule has 1 heterocycles. The number of thiocarbonyl (C=S) groups is 1. The van der Waals surface area contributed by atoms with Gasteiger partial charge in [0, 0.05) is 18.8 Å². The fourth-order valence-corrected chi connectivity index (χ4v) is 3.03. The van der Waals surface area contributed by atoms with Crippen molar-refractivity contribution in [2.24, 2.45) is 0 Å². The molecule has 1 aliphatic rings. The molecule has 0 aliphatic carbocycles. The number of benzene rings is 2. The Hall–Kier alpha value is -1.91. The molecule has 3 rings (SSSR count). The molecule has 0 aromatic heterocycles. The predicted molar refractivity (Wildman–Crippen MR) is 100 cm³/mol. The number of hydrogen-bond donors (Lipinski definition) is 2. The molecule has 0 unspecified atom stereocenters. The number of nitrogens with zero attached hydrogens (tertiary/aromatic N) is 1. The molecule has 0 radical (unpaired) electrons. The summed E-state index contributed by atoms with van der Waals surface area (Å²) < 4.78 is 0. The molecule has 3 nitrogen and oxygen atoms in total. The zero-order valence-electron chi connectivity index (χ0n) is 13.3. The van der Waals surface area contributed by atoms with Gasteiger partial charge in [-0.1, -0.05) is 42.5 Å². The Morgan fingerprint density at radius 2 is 1.57 bits per heavy atom. The third kappa shape index (κ3) is 5.05. The first-order chi connectivity index (χ1) is 11.3. The van der Waals surface area contributed by atoms with Crippen LogP contribution in [0.2, 0.25) is 0 Å². The van der Waals surface area contributed by atoms with Crippen LogP contribution in [0.3, 0.4) is 0 Å². The van der Waals surface area contributed by atoms with Gasteiger partial charge >= 0.3 is 0 Å². The van der Waals surface area contributed by atoms with Crippen molar-refractivity contribution in [2.45, 2.75) is 25.9 Å². The summed E-state index contributed by atoms with van der Waals surface area (Å²) in [7, 11) is 0. The zero-order valence-corrected chi connectivity index (χ0v) is 14.1. The molecule has 0 bridgehead atoms. The van der Waals surface area contributed by atoms with Crippen LogP contribution in [0.1, 0.15) is 24.0 Å².